The maximum atomic E-state index is 11.2. The zero-order valence-corrected chi connectivity index (χ0v) is 13.1. The van der Waals surface area contributed by atoms with Gasteiger partial charge in [0.05, 0.1) is 0 Å². The van der Waals surface area contributed by atoms with Crippen LogP contribution in [0.5, 0.6) is 0 Å². The normalized spacial score (nSPS) is 13.9. The van der Waals surface area contributed by atoms with Crippen LogP contribution in [0.1, 0.15) is 52.7 Å². The van der Waals surface area contributed by atoms with Crippen LogP contribution in [0, 0.1) is 5.41 Å². The SMILES string of the molecule is CC(C)(C)C(=C(O)C(=O)O)c1ccccc1C(C)(C)C. The second kappa shape index (κ2) is 5.31. The van der Waals surface area contributed by atoms with E-state index in [0.717, 1.165) is 11.1 Å². The topological polar surface area (TPSA) is 57.5 Å². The number of aliphatic hydroxyl groups excluding tert-OH is 1. The van der Waals surface area contributed by atoms with Gasteiger partial charge in [-0.05, 0) is 22.0 Å². The van der Waals surface area contributed by atoms with Gasteiger partial charge in [0, 0.05) is 5.57 Å². The Hall–Kier alpha value is -1.77. The van der Waals surface area contributed by atoms with Gasteiger partial charge in [-0.25, -0.2) is 4.79 Å². The molecule has 0 radical (unpaired) electrons. The van der Waals surface area contributed by atoms with Crippen molar-refractivity contribution >= 4 is 11.5 Å². The molecule has 0 aliphatic carbocycles. The predicted octanol–water partition coefficient (Wildman–Crippen LogP) is 4.38. The highest BCUT2D eigenvalue weighted by molar-refractivity contribution is 5.95. The van der Waals surface area contributed by atoms with E-state index in [1.807, 2.05) is 45.0 Å². The van der Waals surface area contributed by atoms with Crippen molar-refractivity contribution in [2.45, 2.75) is 47.0 Å². The second-order valence-corrected chi connectivity index (χ2v) is 7.07. The highest BCUT2D eigenvalue weighted by atomic mass is 16.4. The van der Waals surface area contributed by atoms with Crippen LogP contribution >= 0.6 is 0 Å². The molecule has 0 amide bonds. The minimum absolute atomic E-state index is 0.133. The molecule has 0 aliphatic heterocycles. The molecule has 0 aliphatic rings. The molecule has 2 N–H and O–H groups in total. The standard InChI is InChI=1S/C17H24O3/c1-16(2,3)12-10-8-7-9-11(12)13(17(4,5)6)14(18)15(19)20/h7-10,18H,1-6H3,(H,19,20). The molecule has 0 spiro atoms. The zero-order valence-electron chi connectivity index (χ0n) is 13.1. The summed E-state index contributed by atoms with van der Waals surface area (Å²) >= 11 is 0. The van der Waals surface area contributed by atoms with E-state index in [1.165, 1.54) is 0 Å². The van der Waals surface area contributed by atoms with Gasteiger partial charge in [0.1, 0.15) is 0 Å². The van der Waals surface area contributed by atoms with Crippen molar-refractivity contribution in [1.82, 2.24) is 0 Å². The molecule has 0 atom stereocenters. The number of benzene rings is 1. The summed E-state index contributed by atoms with van der Waals surface area (Å²) in [5.41, 5.74) is 1.69. The van der Waals surface area contributed by atoms with Gasteiger partial charge >= 0.3 is 5.97 Å². The fourth-order valence-electron chi connectivity index (χ4n) is 2.35. The summed E-state index contributed by atoms with van der Waals surface area (Å²) < 4.78 is 0. The number of aliphatic hydroxyl groups is 1. The van der Waals surface area contributed by atoms with E-state index in [0.29, 0.717) is 5.57 Å². The Bertz CT molecular complexity index is 540. The number of hydrogen-bond donors (Lipinski definition) is 2. The minimum Gasteiger partial charge on any atom is -0.502 e. The van der Waals surface area contributed by atoms with E-state index in [4.69, 9.17) is 5.11 Å². The number of carboxylic acids is 1. The average Bonchev–Trinajstić information content (AvgIpc) is 2.26. The molecule has 20 heavy (non-hydrogen) atoms. The molecule has 110 valence electrons. The molecular weight excluding hydrogens is 252 g/mol. The van der Waals surface area contributed by atoms with Crippen LogP contribution in [-0.4, -0.2) is 16.2 Å². The molecule has 1 aromatic rings. The maximum absolute atomic E-state index is 11.2. The van der Waals surface area contributed by atoms with Gasteiger partial charge in [0.2, 0.25) is 5.76 Å². The van der Waals surface area contributed by atoms with E-state index < -0.39 is 17.1 Å². The van der Waals surface area contributed by atoms with Gasteiger partial charge in [0.25, 0.3) is 0 Å². The third-order valence-electron chi connectivity index (χ3n) is 3.19. The minimum atomic E-state index is -1.29. The van der Waals surface area contributed by atoms with Crippen LogP contribution in [0.2, 0.25) is 0 Å². The number of carboxylic acid groups (broad SMARTS) is 1. The molecule has 0 saturated heterocycles. The Kier molecular flexibility index (Phi) is 4.33. The number of hydrogen-bond acceptors (Lipinski definition) is 2. The van der Waals surface area contributed by atoms with E-state index in [-0.39, 0.29) is 5.41 Å². The zero-order chi connectivity index (χ0) is 15.7. The summed E-state index contributed by atoms with van der Waals surface area (Å²) in [5.74, 6) is -1.87. The molecule has 0 saturated carbocycles. The molecular formula is C17H24O3. The van der Waals surface area contributed by atoms with Gasteiger partial charge in [-0.15, -0.1) is 0 Å². The molecule has 3 nitrogen and oxygen atoms in total. The first-order valence-corrected chi connectivity index (χ1v) is 6.73. The van der Waals surface area contributed by atoms with E-state index in [9.17, 15) is 9.90 Å². The third-order valence-corrected chi connectivity index (χ3v) is 3.19. The lowest BCUT2D eigenvalue weighted by Gasteiger charge is -2.30. The summed E-state index contributed by atoms with van der Waals surface area (Å²) in [7, 11) is 0. The first-order valence-electron chi connectivity index (χ1n) is 6.73. The Labute approximate surface area is 121 Å². The van der Waals surface area contributed by atoms with Crippen molar-refractivity contribution in [2.24, 2.45) is 5.41 Å². The van der Waals surface area contributed by atoms with E-state index >= 15 is 0 Å². The molecule has 1 aromatic carbocycles. The molecule has 1 rings (SSSR count). The lowest BCUT2D eigenvalue weighted by molar-refractivity contribution is -0.135. The summed E-state index contributed by atoms with van der Waals surface area (Å²) in [6, 6.07) is 7.66. The molecule has 0 bridgehead atoms. The monoisotopic (exact) mass is 276 g/mol. The lowest BCUT2D eigenvalue weighted by Crippen LogP contribution is -2.20. The van der Waals surface area contributed by atoms with Crippen molar-refractivity contribution in [2.75, 3.05) is 0 Å². The van der Waals surface area contributed by atoms with E-state index in [2.05, 4.69) is 20.8 Å². The second-order valence-electron chi connectivity index (χ2n) is 7.07. The molecule has 0 fully saturated rings. The summed E-state index contributed by atoms with van der Waals surface area (Å²) in [5, 5.41) is 19.2. The maximum Gasteiger partial charge on any atom is 0.371 e. The van der Waals surface area contributed by atoms with Crippen molar-refractivity contribution < 1.29 is 15.0 Å². The fourth-order valence-corrected chi connectivity index (χ4v) is 2.35. The van der Waals surface area contributed by atoms with Crippen molar-refractivity contribution in [1.29, 1.82) is 0 Å². The Morgan fingerprint density at radius 1 is 0.950 bits per heavy atom. The number of allylic oxidation sites excluding steroid dienone is 1. The first kappa shape index (κ1) is 16.3. The van der Waals surface area contributed by atoms with Crippen LogP contribution in [0.4, 0.5) is 0 Å². The third kappa shape index (κ3) is 3.41. The van der Waals surface area contributed by atoms with Crippen molar-refractivity contribution in [3.63, 3.8) is 0 Å². The Morgan fingerprint density at radius 2 is 1.45 bits per heavy atom. The van der Waals surface area contributed by atoms with Gasteiger partial charge in [0.15, 0.2) is 0 Å². The Balaban J connectivity index is 3.70. The summed E-state index contributed by atoms with van der Waals surface area (Å²) in [6.07, 6.45) is 0. The van der Waals surface area contributed by atoms with Crippen LogP contribution < -0.4 is 0 Å². The van der Waals surface area contributed by atoms with Crippen LogP contribution in [-0.2, 0) is 10.2 Å². The lowest BCUT2D eigenvalue weighted by atomic mass is 9.74. The molecule has 0 heterocycles. The molecule has 3 heteroatoms. The van der Waals surface area contributed by atoms with Gasteiger partial charge in [-0.1, -0.05) is 65.8 Å². The van der Waals surface area contributed by atoms with Crippen LogP contribution in [0.15, 0.2) is 30.0 Å². The highest BCUT2D eigenvalue weighted by Crippen LogP contribution is 2.40. The van der Waals surface area contributed by atoms with Gasteiger partial charge in [-0.2, -0.15) is 0 Å². The van der Waals surface area contributed by atoms with Gasteiger partial charge < -0.3 is 10.2 Å². The van der Waals surface area contributed by atoms with Crippen LogP contribution in [0.3, 0.4) is 0 Å². The molecule has 0 aromatic heterocycles. The van der Waals surface area contributed by atoms with Gasteiger partial charge in [-0.3, -0.25) is 0 Å². The van der Waals surface area contributed by atoms with E-state index in [1.54, 1.807) is 0 Å². The largest absolute Gasteiger partial charge is 0.502 e. The first-order chi connectivity index (χ1) is 8.96. The average molecular weight is 276 g/mol. The van der Waals surface area contributed by atoms with Crippen molar-refractivity contribution in [3.8, 4) is 0 Å². The predicted molar refractivity (Wildman–Crippen MR) is 81.8 cm³/mol. The summed E-state index contributed by atoms with van der Waals surface area (Å²) in [6.45, 7) is 11.9. The number of carbonyl (C=O) groups is 1. The fraction of sp³-hybridized carbons (Fsp3) is 0.471. The quantitative estimate of drug-likeness (QED) is 0.622. The van der Waals surface area contributed by atoms with Crippen LogP contribution in [0.25, 0.3) is 5.57 Å². The summed E-state index contributed by atoms with van der Waals surface area (Å²) in [4.78, 5) is 11.2. The number of aliphatic carboxylic acids is 1. The van der Waals surface area contributed by atoms with Crippen molar-refractivity contribution in [3.05, 3.63) is 41.2 Å². The Morgan fingerprint density at radius 3 is 1.85 bits per heavy atom. The number of rotatable bonds is 2. The molecule has 0 unspecified atom stereocenters. The highest BCUT2D eigenvalue weighted by Gasteiger charge is 2.30. The smallest absolute Gasteiger partial charge is 0.371 e.